The van der Waals surface area contributed by atoms with Crippen molar-refractivity contribution in [3.63, 3.8) is 0 Å². The van der Waals surface area contributed by atoms with Crippen molar-refractivity contribution in [2.75, 3.05) is 13.2 Å². The molecule has 4 aromatic heterocycles. The van der Waals surface area contributed by atoms with Crippen molar-refractivity contribution in [3.8, 4) is 34.2 Å². The molecule has 4 aromatic rings. The Morgan fingerprint density at radius 3 is 0.947 bits per heavy atom. The van der Waals surface area contributed by atoms with Gasteiger partial charge in [-0.3, -0.25) is 0 Å². The number of carbonyl (C=O) groups excluding carboxylic acids is 2. The van der Waals surface area contributed by atoms with E-state index in [1.807, 2.05) is 27.7 Å². The minimum absolute atomic E-state index is 0.325. The third kappa shape index (κ3) is 4.18. The SMILES string of the molecule is CCOC(=O)c1[nH]c(-c2[nH]c(-c3[nH]c(-c4[nH]c(C(=O)OCC)c(C)c4C)c(C)c3C)c(C)c2C)c(C)c1C. The first kappa shape index (κ1) is 27.1. The summed E-state index contributed by atoms with van der Waals surface area (Å²) in [7, 11) is 0. The number of esters is 2. The molecule has 202 valence electrons. The Kier molecular flexibility index (Phi) is 7.19. The third-order valence-corrected chi connectivity index (χ3v) is 7.96. The van der Waals surface area contributed by atoms with E-state index in [1.165, 1.54) is 0 Å². The monoisotopic (exact) mass is 518 g/mol. The van der Waals surface area contributed by atoms with E-state index in [0.29, 0.717) is 24.6 Å². The highest BCUT2D eigenvalue weighted by molar-refractivity contribution is 5.93. The second-order valence-electron chi connectivity index (χ2n) is 9.94. The van der Waals surface area contributed by atoms with Crippen LogP contribution in [0.1, 0.15) is 79.3 Å². The van der Waals surface area contributed by atoms with Crippen molar-refractivity contribution in [1.82, 2.24) is 19.9 Å². The molecule has 0 fully saturated rings. The standard InChI is InChI=1S/C30H38N4O4/c1-11-37-29(35)27-19(9)17(7)25(33-27)23-15(5)13(3)21(31-23)22-14(4)16(6)24(32-22)26-18(8)20(10)28(34-26)30(36)38-12-2/h31-34H,11-12H2,1-10H3. The van der Waals surface area contributed by atoms with Crippen molar-refractivity contribution >= 4 is 11.9 Å². The van der Waals surface area contributed by atoms with E-state index in [0.717, 1.165) is 78.7 Å². The molecule has 0 spiro atoms. The molecule has 0 amide bonds. The van der Waals surface area contributed by atoms with Gasteiger partial charge in [0, 0.05) is 0 Å². The summed E-state index contributed by atoms with van der Waals surface area (Å²) in [6.45, 7) is 20.5. The number of hydrogen-bond acceptors (Lipinski definition) is 4. The van der Waals surface area contributed by atoms with Gasteiger partial charge in [0.05, 0.1) is 47.4 Å². The lowest BCUT2D eigenvalue weighted by Gasteiger charge is -2.01. The van der Waals surface area contributed by atoms with Gasteiger partial charge in [-0.15, -0.1) is 0 Å². The topological polar surface area (TPSA) is 116 Å². The second-order valence-corrected chi connectivity index (χ2v) is 9.94. The quantitative estimate of drug-likeness (QED) is 0.201. The highest BCUT2D eigenvalue weighted by Crippen LogP contribution is 2.40. The summed E-state index contributed by atoms with van der Waals surface area (Å²) < 4.78 is 10.5. The third-order valence-electron chi connectivity index (χ3n) is 7.96. The van der Waals surface area contributed by atoms with E-state index >= 15 is 0 Å². The molecule has 4 heterocycles. The molecule has 0 aliphatic heterocycles. The van der Waals surface area contributed by atoms with E-state index in [1.54, 1.807) is 13.8 Å². The number of nitrogens with one attached hydrogen (secondary N) is 4. The molecule has 4 rings (SSSR count). The zero-order chi connectivity index (χ0) is 28.0. The number of H-pyrrole nitrogens is 4. The first-order valence-corrected chi connectivity index (χ1v) is 13.1. The Bertz CT molecular complexity index is 1440. The van der Waals surface area contributed by atoms with Crippen LogP contribution >= 0.6 is 0 Å². The summed E-state index contributed by atoms with van der Waals surface area (Å²) in [5.41, 5.74) is 14.8. The average Bonchev–Trinajstić information content (AvgIpc) is 3.54. The number of aromatic nitrogens is 4. The molecule has 0 bridgehead atoms. The molecule has 0 aliphatic carbocycles. The van der Waals surface area contributed by atoms with Crippen molar-refractivity contribution in [2.24, 2.45) is 0 Å². The fraction of sp³-hybridized carbons (Fsp3) is 0.400. The smallest absolute Gasteiger partial charge is 0.355 e. The van der Waals surface area contributed by atoms with Crippen LogP contribution in [-0.4, -0.2) is 45.1 Å². The average molecular weight is 519 g/mol. The fourth-order valence-corrected chi connectivity index (χ4v) is 5.06. The van der Waals surface area contributed by atoms with Gasteiger partial charge < -0.3 is 29.4 Å². The summed E-state index contributed by atoms with van der Waals surface area (Å²) in [5, 5.41) is 0. The van der Waals surface area contributed by atoms with Crippen LogP contribution < -0.4 is 0 Å². The van der Waals surface area contributed by atoms with Gasteiger partial charge in [0.1, 0.15) is 11.4 Å². The molecule has 0 aliphatic rings. The lowest BCUT2D eigenvalue weighted by Crippen LogP contribution is -2.06. The molecule has 0 saturated heterocycles. The first-order chi connectivity index (χ1) is 17.9. The Hall–Kier alpha value is -3.94. The maximum Gasteiger partial charge on any atom is 0.355 e. The molecular formula is C30H38N4O4. The lowest BCUT2D eigenvalue weighted by molar-refractivity contribution is 0.0510. The highest BCUT2D eigenvalue weighted by atomic mass is 16.5. The van der Waals surface area contributed by atoms with Crippen LogP contribution in [-0.2, 0) is 9.47 Å². The molecule has 4 N–H and O–H groups in total. The van der Waals surface area contributed by atoms with E-state index in [-0.39, 0.29) is 11.9 Å². The van der Waals surface area contributed by atoms with Crippen LogP contribution in [0.4, 0.5) is 0 Å². The van der Waals surface area contributed by atoms with Crippen LogP contribution in [0.25, 0.3) is 34.2 Å². The molecule has 0 unspecified atom stereocenters. The van der Waals surface area contributed by atoms with Crippen LogP contribution in [0.15, 0.2) is 0 Å². The lowest BCUT2D eigenvalue weighted by atomic mass is 10.0. The Morgan fingerprint density at radius 2 is 0.684 bits per heavy atom. The molecule has 0 atom stereocenters. The van der Waals surface area contributed by atoms with Crippen LogP contribution in [0.2, 0.25) is 0 Å². The van der Waals surface area contributed by atoms with Gasteiger partial charge in [0.25, 0.3) is 0 Å². The minimum Gasteiger partial charge on any atom is -0.461 e. The summed E-state index contributed by atoms with van der Waals surface area (Å²) in [4.78, 5) is 38.9. The van der Waals surface area contributed by atoms with Crippen LogP contribution in [0, 0.1) is 55.4 Å². The predicted octanol–water partition coefficient (Wildman–Crippen LogP) is 6.82. The maximum atomic E-state index is 12.5. The zero-order valence-corrected chi connectivity index (χ0v) is 24.0. The van der Waals surface area contributed by atoms with Crippen LogP contribution in [0.5, 0.6) is 0 Å². The molecular weight excluding hydrogens is 480 g/mol. The van der Waals surface area contributed by atoms with E-state index in [9.17, 15) is 9.59 Å². The van der Waals surface area contributed by atoms with E-state index in [2.05, 4.69) is 47.6 Å². The van der Waals surface area contributed by atoms with Gasteiger partial charge in [-0.2, -0.15) is 0 Å². The van der Waals surface area contributed by atoms with E-state index in [4.69, 9.17) is 9.47 Å². The second kappa shape index (κ2) is 10.1. The largest absolute Gasteiger partial charge is 0.461 e. The Labute approximate surface area is 223 Å². The van der Waals surface area contributed by atoms with Crippen molar-refractivity contribution < 1.29 is 19.1 Å². The molecule has 8 nitrogen and oxygen atoms in total. The van der Waals surface area contributed by atoms with Crippen molar-refractivity contribution in [2.45, 2.75) is 69.2 Å². The van der Waals surface area contributed by atoms with Gasteiger partial charge in [-0.05, 0) is 114 Å². The summed E-state index contributed by atoms with van der Waals surface area (Å²) in [6.07, 6.45) is 0. The predicted molar refractivity (Wildman–Crippen MR) is 150 cm³/mol. The summed E-state index contributed by atoms with van der Waals surface area (Å²) in [6, 6.07) is 0. The number of rotatable bonds is 7. The van der Waals surface area contributed by atoms with E-state index < -0.39 is 0 Å². The molecule has 0 radical (unpaired) electrons. The highest BCUT2D eigenvalue weighted by Gasteiger charge is 2.26. The van der Waals surface area contributed by atoms with Gasteiger partial charge in [-0.1, -0.05) is 0 Å². The Morgan fingerprint density at radius 1 is 0.447 bits per heavy atom. The number of aromatic amines is 4. The van der Waals surface area contributed by atoms with Gasteiger partial charge in [0.2, 0.25) is 0 Å². The fourth-order valence-electron chi connectivity index (χ4n) is 5.06. The number of carbonyl (C=O) groups is 2. The molecule has 0 aromatic carbocycles. The van der Waals surface area contributed by atoms with Gasteiger partial charge in [-0.25, -0.2) is 9.59 Å². The van der Waals surface area contributed by atoms with Crippen molar-refractivity contribution in [3.05, 3.63) is 55.9 Å². The minimum atomic E-state index is -0.347. The molecule has 38 heavy (non-hydrogen) atoms. The van der Waals surface area contributed by atoms with Gasteiger partial charge >= 0.3 is 11.9 Å². The van der Waals surface area contributed by atoms with Gasteiger partial charge in [0.15, 0.2) is 0 Å². The first-order valence-electron chi connectivity index (χ1n) is 13.1. The Balaban J connectivity index is 1.83. The summed E-state index contributed by atoms with van der Waals surface area (Å²) >= 11 is 0. The zero-order valence-electron chi connectivity index (χ0n) is 24.0. The van der Waals surface area contributed by atoms with Crippen molar-refractivity contribution in [1.29, 1.82) is 0 Å². The maximum absolute atomic E-state index is 12.5. The summed E-state index contributed by atoms with van der Waals surface area (Å²) in [5.74, 6) is -0.695. The number of hydrogen-bond donors (Lipinski definition) is 4. The normalized spacial score (nSPS) is 11.3. The van der Waals surface area contributed by atoms with Crippen LogP contribution in [0.3, 0.4) is 0 Å². The number of ether oxygens (including phenoxy) is 2. The molecule has 0 saturated carbocycles. The molecule has 8 heteroatoms.